The molecule has 202 valence electrons. The molecule has 2 aromatic carbocycles. The summed E-state index contributed by atoms with van der Waals surface area (Å²) in [6, 6.07) is 8.47. The van der Waals surface area contributed by atoms with Crippen LogP contribution in [0.15, 0.2) is 24.3 Å². The number of aromatic hydroxyl groups is 2. The van der Waals surface area contributed by atoms with Crippen molar-refractivity contribution < 1.29 is 15.3 Å². The molecule has 2 aromatic rings. The Kier molecular flexibility index (Phi) is 8.70. The maximum atomic E-state index is 11.1. The molecule has 0 aliphatic heterocycles. The molecule has 0 radical (unpaired) electrons. The topological polar surface area (TPSA) is 63.9 Å². The second-order valence-corrected chi connectivity index (χ2v) is 14.5. The normalized spacial score (nSPS) is 13.5. The van der Waals surface area contributed by atoms with Crippen LogP contribution in [-0.4, -0.2) is 33.4 Å². The van der Waals surface area contributed by atoms with Gasteiger partial charge in [0, 0.05) is 19.6 Å². The number of hydrogen-bond donors (Lipinski definition) is 3. The number of aliphatic hydroxyl groups is 1. The van der Waals surface area contributed by atoms with Gasteiger partial charge >= 0.3 is 0 Å². The van der Waals surface area contributed by atoms with Gasteiger partial charge in [0.15, 0.2) is 0 Å². The number of hydrogen-bond acceptors (Lipinski definition) is 4. The van der Waals surface area contributed by atoms with Crippen LogP contribution in [0.5, 0.6) is 11.5 Å². The summed E-state index contributed by atoms with van der Waals surface area (Å²) < 4.78 is 0. The molecule has 3 N–H and O–H groups in total. The minimum absolute atomic E-state index is 0.0622. The number of rotatable bonds is 6. The SMILES string of the molecule is CC(C)(C)c1cc(CN(CCO)Cc2cc(C(C)(C)C)c(O)c(C(C)(C)C)c2)cc(C(C)(C)C)c1O. The summed E-state index contributed by atoms with van der Waals surface area (Å²) >= 11 is 0. The van der Waals surface area contributed by atoms with Crippen molar-refractivity contribution in [2.75, 3.05) is 13.2 Å². The summed E-state index contributed by atoms with van der Waals surface area (Å²) in [6.45, 7) is 27.4. The molecule has 0 aliphatic carbocycles. The van der Waals surface area contributed by atoms with Gasteiger partial charge in [0.2, 0.25) is 0 Å². The van der Waals surface area contributed by atoms with Crippen LogP contribution in [0.1, 0.15) is 116 Å². The van der Waals surface area contributed by atoms with Crippen LogP contribution in [0.25, 0.3) is 0 Å². The summed E-state index contributed by atoms with van der Waals surface area (Å²) in [4.78, 5) is 2.25. The van der Waals surface area contributed by atoms with E-state index in [0.29, 0.717) is 31.1 Å². The van der Waals surface area contributed by atoms with Crippen LogP contribution >= 0.6 is 0 Å². The van der Waals surface area contributed by atoms with E-state index >= 15 is 0 Å². The maximum absolute atomic E-state index is 11.1. The lowest BCUT2D eigenvalue weighted by Gasteiger charge is -2.31. The first-order valence-electron chi connectivity index (χ1n) is 13.2. The molecular formula is C32H51NO3. The molecule has 0 bridgehead atoms. The van der Waals surface area contributed by atoms with Gasteiger partial charge in [0.25, 0.3) is 0 Å². The lowest BCUT2D eigenvalue weighted by molar-refractivity contribution is 0.184. The molecule has 0 fully saturated rings. The fourth-order valence-electron chi connectivity index (χ4n) is 4.73. The predicted octanol–water partition coefficient (Wildman–Crippen LogP) is 7.28. The lowest BCUT2D eigenvalue weighted by atomic mass is 9.78. The van der Waals surface area contributed by atoms with Gasteiger partial charge in [-0.1, -0.05) is 107 Å². The molecule has 4 heteroatoms. The van der Waals surface area contributed by atoms with E-state index < -0.39 is 0 Å². The Morgan fingerprint density at radius 1 is 0.528 bits per heavy atom. The standard InChI is InChI=1S/C32H51NO3/c1-29(2,3)23-15-21(16-24(27(23)35)30(4,5)6)19-33(13-14-34)20-22-17-25(31(7,8)9)28(36)26(18-22)32(10,11)12/h15-18,34-36H,13-14,19-20H2,1-12H3. The molecular weight excluding hydrogens is 446 g/mol. The Bertz CT molecular complexity index is 903. The number of aliphatic hydroxyl groups excluding tert-OH is 1. The van der Waals surface area contributed by atoms with Gasteiger partial charge in [-0.3, -0.25) is 4.90 Å². The summed E-state index contributed by atoms with van der Waals surface area (Å²) in [7, 11) is 0. The van der Waals surface area contributed by atoms with E-state index in [4.69, 9.17) is 0 Å². The third kappa shape index (κ3) is 7.26. The molecule has 2 rings (SSSR count). The van der Waals surface area contributed by atoms with Crippen molar-refractivity contribution in [3.63, 3.8) is 0 Å². The molecule has 0 saturated heterocycles. The molecule has 0 aromatic heterocycles. The minimum atomic E-state index is -0.192. The lowest BCUT2D eigenvalue weighted by Crippen LogP contribution is -2.28. The first-order valence-corrected chi connectivity index (χ1v) is 13.2. The third-order valence-electron chi connectivity index (χ3n) is 6.80. The molecule has 0 spiro atoms. The van der Waals surface area contributed by atoms with Crippen molar-refractivity contribution in [2.45, 2.75) is 118 Å². The summed E-state index contributed by atoms with van der Waals surface area (Å²) in [5, 5.41) is 32.1. The van der Waals surface area contributed by atoms with E-state index in [9.17, 15) is 15.3 Å². The minimum Gasteiger partial charge on any atom is -0.507 e. The molecule has 0 heterocycles. The van der Waals surface area contributed by atoms with Gasteiger partial charge in [-0.2, -0.15) is 0 Å². The molecule has 0 unspecified atom stereocenters. The van der Waals surface area contributed by atoms with Gasteiger partial charge in [-0.15, -0.1) is 0 Å². The Morgan fingerprint density at radius 2 is 0.778 bits per heavy atom. The average molecular weight is 498 g/mol. The second kappa shape index (κ2) is 10.4. The molecule has 0 saturated carbocycles. The molecule has 0 aliphatic rings. The molecule has 0 atom stereocenters. The number of phenolic OH excluding ortho intramolecular Hbond substituents is 2. The Hall–Kier alpha value is -2.04. The highest BCUT2D eigenvalue weighted by molar-refractivity contribution is 5.51. The van der Waals surface area contributed by atoms with E-state index in [2.05, 4.69) is 112 Å². The Balaban J connectivity index is 2.58. The van der Waals surface area contributed by atoms with Crippen molar-refractivity contribution in [3.8, 4) is 11.5 Å². The number of phenols is 2. The predicted molar refractivity (Wildman–Crippen MR) is 152 cm³/mol. The van der Waals surface area contributed by atoms with Gasteiger partial charge in [0.05, 0.1) is 6.61 Å². The highest BCUT2D eigenvalue weighted by Gasteiger charge is 2.28. The van der Waals surface area contributed by atoms with Crippen LogP contribution in [0.4, 0.5) is 0 Å². The van der Waals surface area contributed by atoms with Crippen molar-refractivity contribution in [2.24, 2.45) is 0 Å². The quantitative estimate of drug-likeness (QED) is 0.392. The Labute approximate surface area is 220 Å². The Morgan fingerprint density at radius 3 is 0.972 bits per heavy atom. The largest absolute Gasteiger partial charge is 0.507 e. The van der Waals surface area contributed by atoms with Gasteiger partial charge in [-0.25, -0.2) is 0 Å². The molecule has 4 nitrogen and oxygen atoms in total. The van der Waals surface area contributed by atoms with Crippen LogP contribution in [0.3, 0.4) is 0 Å². The fourth-order valence-corrected chi connectivity index (χ4v) is 4.73. The van der Waals surface area contributed by atoms with E-state index in [0.717, 1.165) is 33.4 Å². The van der Waals surface area contributed by atoms with Crippen LogP contribution < -0.4 is 0 Å². The highest BCUT2D eigenvalue weighted by Crippen LogP contribution is 2.41. The number of nitrogens with zero attached hydrogens (tertiary/aromatic N) is 1. The van der Waals surface area contributed by atoms with Gasteiger partial charge in [-0.05, 0) is 55.0 Å². The molecule has 0 amide bonds. The average Bonchev–Trinajstić information content (AvgIpc) is 2.67. The fraction of sp³-hybridized carbons (Fsp3) is 0.625. The second-order valence-electron chi connectivity index (χ2n) is 14.5. The van der Waals surface area contributed by atoms with Crippen LogP contribution in [-0.2, 0) is 34.7 Å². The van der Waals surface area contributed by atoms with Crippen LogP contribution in [0.2, 0.25) is 0 Å². The smallest absolute Gasteiger partial charge is 0.123 e. The summed E-state index contributed by atoms with van der Waals surface area (Å²) in [5.74, 6) is 0.770. The highest BCUT2D eigenvalue weighted by atomic mass is 16.3. The van der Waals surface area contributed by atoms with Gasteiger partial charge in [0.1, 0.15) is 11.5 Å². The summed E-state index contributed by atoms with van der Waals surface area (Å²) in [5.41, 5.74) is 5.28. The monoisotopic (exact) mass is 497 g/mol. The first kappa shape index (κ1) is 30.2. The zero-order valence-corrected chi connectivity index (χ0v) is 24.9. The molecule has 36 heavy (non-hydrogen) atoms. The third-order valence-corrected chi connectivity index (χ3v) is 6.80. The zero-order valence-electron chi connectivity index (χ0n) is 24.9. The van der Waals surface area contributed by atoms with Gasteiger partial charge < -0.3 is 15.3 Å². The zero-order chi connectivity index (χ0) is 27.9. The first-order chi connectivity index (χ1) is 16.2. The van der Waals surface area contributed by atoms with E-state index in [1.54, 1.807) is 0 Å². The van der Waals surface area contributed by atoms with Crippen LogP contribution in [0, 0.1) is 0 Å². The van der Waals surface area contributed by atoms with E-state index in [1.165, 1.54) is 0 Å². The number of benzene rings is 2. The summed E-state index contributed by atoms with van der Waals surface area (Å²) in [6.07, 6.45) is 0. The van der Waals surface area contributed by atoms with Crippen molar-refractivity contribution in [3.05, 3.63) is 57.6 Å². The van der Waals surface area contributed by atoms with Crippen molar-refractivity contribution in [1.29, 1.82) is 0 Å². The maximum Gasteiger partial charge on any atom is 0.123 e. The van der Waals surface area contributed by atoms with Crippen molar-refractivity contribution in [1.82, 2.24) is 4.90 Å². The van der Waals surface area contributed by atoms with Crippen molar-refractivity contribution >= 4 is 0 Å². The van der Waals surface area contributed by atoms with E-state index in [-0.39, 0.29) is 28.3 Å². The van der Waals surface area contributed by atoms with E-state index in [1.807, 2.05) is 0 Å².